The van der Waals surface area contributed by atoms with Crippen molar-refractivity contribution in [1.82, 2.24) is 25.3 Å². The number of alkyl halides is 2. The largest absolute Gasteiger partial charge is 0.480 e. The van der Waals surface area contributed by atoms with Crippen molar-refractivity contribution in [2.24, 2.45) is 5.41 Å². The number of nitrogens with one attached hydrogen (secondary N) is 2. The lowest BCUT2D eigenvalue weighted by Crippen LogP contribution is -2.56. The van der Waals surface area contributed by atoms with Crippen LogP contribution >= 0.6 is 0 Å². The summed E-state index contributed by atoms with van der Waals surface area (Å²) in [4.78, 5) is 43.7. The van der Waals surface area contributed by atoms with Gasteiger partial charge in [0.1, 0.15) is 11.6 Å². The number of aliphatic hydroxyl groups is 1. The van der Waals surface area contributed by atoms with Crippen LogP contribution in [0.25, 0.3) is 33.3 Å². The quantitative estimate of drug-likeness (QED) is 0.0991. The number of carbonyl (C=O) groups excluding carboxylic acids is 2. The molecule has 57 heavy (non-hydrogen) atoms. The zero-order chi connectivity index (χ0) is 41.8. The lowest BCUT2D eigenvalue weighted by molar-refractivity contribution is -0.155. The number of carbonyl (C=O) groups is 3. The number of benzene rings is 2. The fourth-order valence-electron chi connectivity index (χ4n) is 7.38. The summed E-state index contributed by atoms with van der Waals surface area (Å²) in [6, 6.07) is 11.6. The summed E-state index contributed by atoms with van der Waals surface area (Å²) in [5, 5.41) is 24.9. The Morgan fingerprint density at radius 1 is 1.05 bits per heavy atom. The number of nitrogens with zero attached hydrogens (tertiary/aromatic N) is 3. The number of aliphatic carboxylic acids is 1. The van der Waals surface area contributed by atoms with Crippen molar-refractivity contribution in [3.63, 3.8) is 0 Å². The van der Waals surface area contributed by atoms with E-state index in [1.165, 1.54) is 12.1 Å². The molecular formula is C43H55F2N5O7. The number of amides is 2. The van der Waals surface area contributed by atoms with Crippen molar-refractivity contribution in [3.05, 3.63) is 77.1 Å². The van der Waals surface area contributed by atoms with Gasteiger partial charge in [0, 0.05) is 55.0 Å². The smallest absolute Gasteiger partial charge is 0.408 e. The molecule has 3 atom stereocenters. The van der Waals surface area contributed by atoms with Crippen LogP contribution in [0.2, 0.25) is 0 Å². The first-order chi connectivity index (χ1) is 26.9. The van der Waals surface area contributed by atoms with E-state index in [-0.39, 0.29) is 30.3 Å². The lowest BCUT2D eigenvalue weighted by atomic mass is 9.84. The maximum atomic E-state index is 14.7. The van der Waals surface area contributed by atoms with Gasteiger partial charge in [0.25, 0.3) is 6.43 Å². The number of hydrazine groups is 1. The van der Waals surface area contributed by atoms with Gasteiger partial charge in [-0.05, 0) is 124 Å². The number of fused-ring (bicyclic) bond motifs is 1. The number of alkyl carbamates (subject to hydrolysis) is 1. The number of halogens is 2. The third kappa shape index (κ3) is 9.97. The van der Waals surface area contributed by atoms with Crippen molar-refractivity contribution >= 4 is 28.9 Å². The summed E-state index contributed by atoms with van der Waals surface area (Å²) in [7, 11) is 1.63. The summed E-state index contributed by atoms with van der Waals surface area (Å²) < 4.78 is 42.9. The van der Waals surface area contributed by atoms with E-state index in [0.717, 1.165) is 38.4 Å². The van der Waals surface area contributed by atoms with Gasteiger partial charge in [-0.2, -0.15) is 0 Å². The van der Waals surface area contributed by atoms with Crippen LogP contribution in [0.15, 0.2) is 54.7 Å². The molecule has 14 heteroatoms. The number of rotatable bonds is 14. The molecule has 2 unspecified atom stereocenters. The number of pyridine rings is 1. The third-order valence-corrected chi connectivity index (χ3v) is 10.2. The number of methoxy groups -OCH3 is 1. The number of aromatic nitrogens is 2. The lowest BCUT2D eigenvalue weighted by Gasteiger charge is -2.34. The Morgan fingerprint density at radius 2 is 1.77 bits per heavy atom. The highest BCUT2D eigenvalue weighted by Crippen LogP contribution is 2.42. The molecule has 3 heterocycles. The van der Waals surface area contributed by atoms with Gasteiger partial charge in [-0.15, -0.1) is 0 Å². The van der Waals surface area contributed by atoms with Gasteiger partial charge in [0.15, 0.2) is 0 Å². The van der Waals surface area contributed by atoms with Gasteiger partial charge in [-0.25, -0.2) is 23.8 Å². The summed E-state index contributed by atoms with van der Waals surface area (Å²) >= 11 is 0. The third-order valence-electron chi connectivity index (χ3n) is 10.2. The molecule has 0 aliphatic carbocycles. The van der Waals surface area contributed by atoms with Crippen LogP contribution in [0.5, 0.6) is 0 Å². The molecule has 1 fully saturated rings. The van der Waals surface area contributed by atoms with Gasteiger partial charge in [-0.1, -0.05) is 19.9 Å². The normalized spacial score (nSPS) is 16.1. The minimum atomic E-state index is -2.90. The van der Waals surface area contributed by atoms with Crippen molar-refractivity contribution in [3.8, 4) is 22.4 Å². The first-order valence-electron chi connectivity index (χ1n) is 19.3. The molecule has 1 aliphatic heterocycles. The maximum Gasteiger partial charge on any atom is 0.408 e. The second-order valence-corrected chi connectivity index (χ2v) is 16.4. The minimum absolute atomic E-state index is 0.0794. The highest BCUT2D eigenvalue weighted by molar-refractivity contribution is 5.95. The number of hydrogen-bond acceptors (Lipinski definition) is 8. The van der Waals surface area contributed by atoms with Crippen molar-refractivity contribution in [1.29, 1.82) is 0 Å². The molecule has 0 bridgehead atoms. The molecule has 308 valence electrons. The number of carboxylic acid groups (broad SMARTS) is 1. The highest BCUT2D eigenvalue weighted by atomic mass is 19.3. The molecule has 1 saturated heterocycles. The van der Waals surface area contributed by atoms with Crippen LogP contribution in [-0.4, -0.2) is 74.6 Å². The summed E-state index contributed by atoms with van der Waals surface area (Å²) in [6.07, 6.45) is -1.53. The zero-order valence-electron chi connectivity index (χ0n) is 34.0. The predicted molar refractivity (Wildman–Crippen MR) is 213 cm³/mol. The van der Waals surface area contributed by atoms with E-state index in [4.69, 9.17) is 14.5 Å². The minimum Gasteiger partial charge on any atom is -0.480 e. The Morgan fingerprint density at radius 3 is 2.40 bits per heavy atom. The molecule has 2 amide bonds. The molecule has 0 radical (unpaired) electrons. The topological polar surface area (TPSA) is 155 Å². The molecule has 12 nitrogen and oxygen atoms in total. The van der Waals surface area contributed by atoms with Crippen molar-refractivity contribution in [2.75, 3.05) is 20.3 Å². The van der Waals surface area contributed by atoms with E-state index in [0.29, 0.717) is 37.1 Å². The van der Waals surface area contributed by atoms with E-state index < -0.39 is 53.9 Å². The molecule has 0 spiro atoms. The van der Waals surface area contributed by atoms with Crippen LogP contribution in [0.4, 0.5) is 13.6 Å². The molecule has 2 aromatic heterocycles. The van der Waals surface area contributed by atoms with E-state index in [9.17, 15) is 33.4 Å². The number of hydrogen-bond donors (Lipinski definition) is 4. The second kappa shape index (κ2) is 17.7. The maximum absolute atomic E-state index is 14.7. The van der Waals surface area contributed by atoms with Crippen molar-refractivity contribution < 1.29 is 42.9 Å². The Labute approximate surface area is 332 Å². The Bertz CT molecular complexity index is 2090. The van der Waals surface area contributed by atoms with Crippen LogP contribution in [0.3, 0.4) is 0 Å². The van der Waals surface area contributed by atoms with E-state index in [1.54, 1.807) is 40.1 Å². The van der Waals surface area contributed by atoms with Crippen LogP contribution < -0.4 is 10.7 Å². The fraction of sp³-hybridized carbons (Fsp3) is 0.488. The first kappa shape index (κ1) is 43.2. The average Bonchev–Trinajstić information content (AvgIpc) is 3.47. The second-order valence-electron chi connectivity index (χ2n) is 16.4. The number of carboxylic acids is 1. The first-order valence-corrected chi connectivity index (χ1v) is 19.3. The Hall–Kier alpha value is -4.92. The van der Waals surface area contributed by atoms with E-state index >= 15 is 0 Å². The zero-order valence-corrected chi connectivity index (χ0v) is 34.0. The van der Waals surface area contributed by atoms with E-state index in [1.807, 2.05) is 58.0 Å². The molecule has 4 aromatic rings. The molecule has 0 saturated carbocycles. The van der Waals surface area contributed by atoms with Gasteiger partial charge in [0.2, 0.25) is 5.91 Å². The van der Waals surface area contributed by atoms with Crippen molar-refractivity contribution in [2.45, 2.75) is 111 Å². The SMILES string of the molecule is CCn1c(-c2cccnc2C(C)OC)c(CC(C)(C)CO)c2cc(-c3cc(C(F)F)cc(C(CC(=O)N4NCCC[C@H]4C(=O)O)NC(=O)OC(C)(C)C)c3)ccc21. The van der Waals surface area contributed by atoms with Gasteiger partial charge in [-0.3, -0.25) is 14.8 Å². The standard InChI is InChI=1S/C43H55F2N5O7/c1-9-49-34-15-14-26(21-31(34)32(23-43(6,7)24-51)38(49)30-12-10-16-46-37(30)25(2)56-8)27-18-28(20-29(19-27)39(44)45)33(48-41(55)57-42(3,4)5)22-36(52)50-35(40(53)54)13-11-17-47-50/h10,12,14-16,18-21,25,33,35,39,47,51H,9,11,13,17,22-24H2,1-8H3,(H,48,55)(H,53,54)/t25?,33?,35-/m0/s1. The molecule has 1 aliphatic rings. The monoisotopic (exact) mass is 791 g/mol. The van der Waals surface area contributed by atoms with Crippen LogP contribution in [0, 0.1) is 5.41 Å². The Kier molecular flexibility index (Phi) is 13.4. The molecule has 4 N–H and O–H groups in total. The molecular weight excluding hydrogens is 736 g/mol. The summed E-state index contributed by atoms with van der Waals surface area (Å²) in [5.41, 5.74) is 6.76. The Balaban J connectivity index is 1.70. The summed E-state index contributed by atoms with van der Waals surface area (Å²) in [6.45, 7) is 13.9. The number of ether oxygens (including phenoxy) is 2. The molecule has 2 aromatic carbocycles. The highest BCUT2D eigenvalue weighted by Gasteiger charge is 2.35. The van der Waals surface area contributed by atoms with Gasteiger partial charge < -0.3 is 29.6 Å². The number of aliphatic hydroxyl groups excluding tert-OH is 1. The average molecular weight is 792 g/mol. The molecule has 5 rings (SSSR count). The van der Waals surface area contributed by atoms with Crippen LogP contribution in [-0.2, 0) is 32.0 Å². The predicted octanol–water partition coefficient (Wildman–Crippen LogP) is 8.13. The fourth-order valence-corrected chi connectivity index (χ4v) is 7.38. The van der Waals surface area contributed by atoms with Gasteiger partial charge in [0.05, 0.1) is 30.0 Å². The van der Waals surface area contributed by atoms with Crippen LogP contribution in [0.1, 0.15) is 109 Å². The number of aryl methyl sites for hydroxylation is 1. The summed E-state index contributed by atoms with van der Waals surface area (Å²) in [5.74, 6) is -1.81. The van der Waals surface area contributed by atoms with Gasteiger partial charge >= 0.3 is 12.1 Å². The van der Waals surface area contributed by atoms with E-state index in [2.05, 4.69) is 15.3 Å².